The van der Waals surface area contributed by atoms with Gasteiger partial charge < -0.3 is 9.63 Å². The maximum absolute atomic E-state index is 9.43. The molecule has 1 N–H and O–H groups in total. The second-order valence-corrected chi connectivity index (χ2v) is 4.98. The Morgan fingerprint density at radius 1 is 1.59 bits per heavy atom. The van der Waals surface area contributed by atoms with E-state index >= 15 is 0 Å². The van der Waals surface area contributed by atoms with Gasteiger partial charge in [-0.3, -0.25) is 4.90 Å². The van der Waals surface area contributed by atoms with Crippen molar-refractivity contribution in [2.45, 2.75) is 19.1 Å². The lowest BCUT2D eigenvalue weighted by molar-refractivity contribution is 0.169. The van der Waals surface area contributed by atoms with Gasteiger partial charge in [-0.25, -0.2) is 0 Å². The van der Waals surface area contributed by atoms with Crippen molar-refractivity contribution < 1.29 is 9.63 Å². The monoisotopic (exact) mass is 251 g/mol. The van der Waals surface area contributed by atoms with Crippen molar-refractivity contribution in [2.24, 2.45) is 0 Å². The zero-order chi connectivity index (χ0) is 11.7. The van der Waals surface area contributed by atoms with Crippen LogP contribution in [-0.4, -0.2) is 39.3 Å². The number of aromatic nitrogens is 2. The third kappa shape index (κ3) is 2.38. The summed E-state index contributed by atoms with van der Waals surface area (Å²) in [6.07, 6.45) is 0.611. The number of thiophene rings is 1. The summed E-state index contributed by atoms with van der Waals surface area (Å²) in [7, 11) is 0. The molecule has 0 unspecified atom stereocenters. The van der Waals surface area contributed by atoms with E-state index in [4.69, 9.17) is 4.52 Å². The quantitative estimate of drug-likeness (QED) is 0.892. The Kier molecular flexibility index (Phi) is 2.92. The highest BCUT2D eigenvalue weighted by molar-refractivity contribution is 7.08. The number of likely N-dealkylation sites (tertiary alicyclic amines) is 1. The summed E-state index contributed by atoms with van der Waals surface area (Å²) in [4.78, 5) is 6.47. The van der Waals surface area contributed by atoms with E-state index in [1.807, 2.05) is 16.8 Å². The number of aliphatic hydroxyl groups is 1. The fourth-order valence-electron chi connectivity index (χ4n) is 1.98. The average Bonchev–Trinajstić information content (AvgIpc) is 3.00. The molecule has 5 nitrogen and oxygen atoms in total. The Bertz CT molecular complexity index is 483. The van der Waals surface area contributed by atoms with Crippen LogP contribution in [0.15, 0.2) is 21.3 Å². The van der Waals surface area contributed by atoms with Crippen LogP contribution in [-0.2, 0) is 6.54 Å². The Balaban J connectivity index is 1.69. The van der Waals surface area contributed by atoms with Crippen LogP contribution < -0.4 is 0 Å². The summed E-state index contributed by atoms with van der Waals surface area (Å²) in [5.41, 5.74) is 0.992. The SMILES string of the molecule is O[C@H]1CCN(Cc2nc(-c3ccsc3)no2)C1. The van der Waals surface area contributed by atoms with Gasteiger partial charge in [0.25, 0.3) is 0 Å². The maximum Gasteiger partial charge on any atom is 0.241 e. The van der Waals surface area contributed by atoms with Crippen molar-refractivity contribution >= 4 is 11.3 Å². The van der Waals surface area contributed by atoms with Gasteiger partial charge in [-0.05, 0) is 17.9 Å². The standard InChI is InChI=1S/C11H13N3O2S/c15-9-1-3-14(5-9)6-10-12-11(13-16-10)8-2-4-17-7-8/h2,4,7,9,15H,1,3,5-6H2/t9-/m0/s1. The van der Waals surface area contributed by atoms with E-state index in [-0.39, 0.29) is 6.10 Å². The zero-order valence-corrected chi connectivity index (χ0v) is 10.1. The molecule has 0 bridgehead atoms. The molecule has 0 amide bonds. The number of aliphatic hydroxyl groups excluding tert-OH is 1. The minimum absolute atomic E-state index is 0.214. The van der Waals surface area contributed by atoms with Gasteiger partial charge in [0.05, 0.1) is 12.6 Å². The summed E-state index contributed by atoms with van der Waals surface area (Å²) in [5, 5.41) is 17.4. The predicted molar refractivity (Wildman–Crippen MR) is 63.5 cm³/mol. The molecule has 0 radical (unpaired) electrons. The Hall–Kier alpha value is -1.24. The highest BCUT2D eigenvalue weighted by atomic mass is 32.1. The highest BCUT2D eigenvalue weighted by Gasteiger charge is 2.22. The van der Waals surface area contributed by atoms with Crippen LogP contribution in [0.5, 0.6) is 0 Å². The lowest BCUT2D eigenvalue weighted by Gasteiger charge is -2.10. The van der Waals surface area contributed by atoms with Crippen LogP contribution in [0, 0.1) is 0 Å². The first-order valence-electron chi connectivity index (χ1n) is 5.57. The molecule has 6 heteroatoms. The van der Waals surface area contributed by atoms with E-state index in [1.165, 1.54) is 0 Å². The first-order chi connectivity index (χ1) is 8.31. The van der Waals surface area contributed by atoms with Gasteiger partial charge in [-0.2, -0.15) is 16.3 Å². The average molecular weight is 251 g/mol. The van der Waals surface area contributed by atoms with Crippen molar-refractivity contribution in [3.8, 4) is 11.4 Å². The molecule has 3 heterocycles. The number of β-amino-alcohol motifs (C(OH)–C–C–N with tert-alkyl or cyclic N) is 1. The van der Waals surface area contributed by atoms with Crippen LogP contribution in [0.4, 0.5) is 0 Å². The lowest BCUT2D eigenvalue weighted by atomic mass is 10.3. The van der Waals surface area contributed by atoms with Gasteiger partial charge in [0, 0.05) is 24.0 Å². The van der Waals surface area contributed by atoms with Gasteiger partial charge in [0.1, 0.15) is 0 Å². The third-order valence-corrected chi connectivity index (χ3v) is 3.54. The Morgan fingerprint density at radius 2 is 2.53 bits per heavy atom. The van der Waals surface area contributed by atoms with E-state index < -0.39 is 0 Å². The normalized spacial score (nSPS) is 21.1. The van der Waals surface area contributed by atoms with Gasteiger partial charge in [0.15, 0.2) is 0 Å². The summed E-state index contributed by atoms with van der Waals surface area (Å²) in [6, 6.07) is 1.97. The molecule has 0 spiro atoms. The summed E-state index contributed by atoms with van der Waals surface area (Å²) < 4.78 is 5.21. The Morgan fingerprint density at radius 3 is 3.24 bits per heavy atom. The largest absolute Gasteiger partial charge is 0.392 e. The van der Waals surface area contributed by atoms with Crippen molar-refractivity contribution in [2.75, 3.05) is 13.1 Å². The van der Waals surface area contributed by atoms with Crippen molar-refractivity contribution in [3.05, 3.63) is 22.7 Å². The summed E-state index contributed by atoms with van der Waals surface area (Å²) in [5.74, 6) is 1.25. The van der Waals surface area contributed by atoms with Crippen LogP contribution >= 0.6 is 11.3 Å². The van der Waals surface area contributed by atoms with Gasteiger partial charge in [-0.1, -0.05) is 5.16 Å². The van der Waals surface area contributed by atoms with Crippen molar-refractivity contribution in [3.63, 3.8) is 0 Å². The number of nitrogens with zero attached hydrogens (tertiary/aromatic N) is 3. The molecule has 0 aromatic carbocycles. The predicted octanol–water partition coefficient (Wildman–Crippen LogP) is 1.36. The molecular weight excluding hydrogens is 238 g/mol. The number of rotatable bonds is 3. The van der Waals surface area contributed by atoms with Gasteiger partial charge in [-0.15, -0.1) is 0 Å². The van der Waals surface area contributed by atoms with Crippen LogP contribution in [0.25, 0.3) is 11.4 Å². The fraction of sp³-hybridized carbons (Fsp3) is 0.455. The molecule has 1 aliphatic rings. The molecule has 90 valence electrons. The lowest BCUT2D eigenvalue weighted by Crippen LogP contribution is -2.21. The molecule has 1 aliphatic heterocycles. The minimum atomic E-state index is -0.214. The zero-order valence-electron chi connectivity index (χ0n) is 9.24. The van der Waals surface area contributed by atoms with Gasteiger partial charge in [0.2, 0.25) is 11.7 Å². The molecule has 1 fully saturated rings. The third-order valence-electron chi connectivity index (χ3n) is 2.85. The molecule has 2 aromatic rings. The minimum Gasteiger partial charge on any atom is -0.392 e. The molecule has 17 heavy (non-hydrogen) atoms. The van der Waals surface area contributed by atoms with E-state index in [1.54, 1.807) is 11.3 Å². The van der Waals surface area contributed by atoms with E-state index in [0.717, 1.165) is 18.5 Å². The van der Waals surface area contributed by atoms with E-state index in [9.17, 15) is 5.11 Å². The van der Waals surface area contributed by atoms with Crippen LogP contribution in [0.3, 0.4) is 0 Å². The van der Waals surface area contributed by atoms with Crippen LogP contribution in [0.1, 0.15) is 12.3 Å². The molecule has 3 rings (SSSR count). The molecule has 0 saturated carbocycles. The molecule has 1 atom stereocenters. The van der Waals surface area contributed by atoms with Gasteiger partial charge >= 0.3 is 0 Å². The highest BCUT2D eigenvalue weighted by Crippen LogP contribution is 2.19. The van der Waals surface area contributed by atoms with Crippen LogP contribution in [0.2, 0.25) is 0 Å². The molecular formula is C11H13N3O2S. The first-order valence-corrected chi connectivity index (χ1v) is 6.51. The Labute approximate surface area is 103 Å². The molecule has 0 aliphatic carbocycles. The van der Waals surface area contributed by atoms with Crippen molar-refractivity contribution in [1.82, 2.24) is 15.0 Å². The number of hydrogen-bond acceptors (Lipinski definition) is 6. The second-order valence-electron chi connectivity index (χ2n) is 4.20. The topological polar surface area (TPSA) is 62.4 Å². The first kappa shape index (κ1) is 10.9. The summed E-state index contributed by atoms with van der Waals surface area (Å²) in [6.45, 7) is 2.20. The fourth-order valence-corrected chi connectivity index (χ4v) is 2.61. The summed E-state index contributed by atoms with van der Waals surface area (Å²) >= 11 is 1.61. The maximum atomic E-state index is 9.43. The van der Waals surface area contributed by atoms with Crippen molar-refractivity contribution in [1.29, 1.82) is 0 Å². The number of hydrogen-bond donors (Lipinski definition) is 1. The van der Waals surface area contributed by atoms with E-state index in [2.05, 4.69) is 15.0 Å². The second kappa shape index (κ2) is 4.56. The van der Waals surface area contributed by atoms with E-state index in [0.29, 0.717) is 24.8 Å². The molecule has 2 aromatic heterocycles. The molecule has 1 saturated heterocycles. The smallest absolute Gasteiger partial charge is 0.241 e.